The summed E-state index contributed by atoms with van der Waals surface area (Å²) >= 11 is 0. The van der Waals surface area contributed by atoms with Crippen molar-refractivity contribution in [1.29, 1.82) is 0 Å². The lowest BCUT2D eigenvalue weighted by Gasteiger charge is -2.29. The first-order chi connectivity index (χ1) is 13.6. The standard InChI is InChI=1S/C21H30N4O3/c1-2-3-11-19-22-25(16-20(27)23-13-7-10-18(26)15-23)21(28)24(19)14-12-17-8-5-4-6-9-17/h4-6,8-9,18,26H,2-3,7,10-16H2,1H3. The molecule has 28 heavy (non-hydrogen) atoms. The number of β-amino-alcohol motifs (C(OH)–C–C–N with tert-alkyl or cyclic N) is 1. The maximum atomic E-state index is 12.9. The second kappa shape index (κ2) is 9.68. The number of aliphatic hydroxyl groups is 1. The Morgan fingerprint density at radius 2 is 2.04 bits per heavy atom. The van der Waals surface area contributed by atoms with E-state index in [2.05, 4.69) is 12.0 Å². The molecule has 1 aromatic heterocycles. The van der Waals surface area contributed by atoms with E-state index in [0.29, 0.717) is 19.6 Å². The van der Waals surface area contributed by atoms with Crippen LogP contribution in [0.3, 0.4) is 0 Å². The molecule has 0 radical (unpaired) electrons. The van der Waals surface area contributed by atoms with Gasteiger partial charge in [-0.2, -0.15) is 5.10 Å². The molecule has 1 aliphatic rings. The van der Waals surface area contributed by atoms with Crippen LogP contribution in [0.5, 0.6) is 0 Å². The Morgan fingerprint density at radius 3 is 2.75 bits per heavy atom. The predicted octanol–water partition coefficient (Wildman–Crippen LogP) is 1.61. The van der Waals surface area contributed by atoms with E-state index in [9.17, 15) is 14.7 Å². The molecule has 7 nitrogen and oxygen atoms in total. The summed E-state index contributed by atoms with van der Waals surface area (Å²) in [6, 6.07) is 10.1. The van der Waals surface area contributed by atoms with Gasteiger partial charge in [0, 0.05) is 26.1 Å². The molecule has 2 heterocycles. The van der Waals surface area contributed by atoms with Crippen molar-refractivity contribution < 1.29 is 9.90 Å². The molecule has 1 aromatic carbocycles. The molecular weight excluding hydrogens is 356 g/mol. The number of carbonyl (C=O) groups is 1. The number of aromatic nitrogens is 3. The fourth-order valence-electron chi connectivity index (χ4n) is 3.63. The average Bonchev–Trinajstić information content (AvgIpc) is 3.00. The second-order valence-corrected chi connectivity index (χ2v) is 7.48. The third kappa shape index (κ3) is 5.10. The van der Waals surface area contributed by atoms with Gasteiger partial charge < -0.3 is 10.0 Å². The van der Waals surface area contributed by atoms with Gasteiger partial charge in [0.25, 0.3) is 0 Å². The minimum atomic E-state index is -0.474. The zero-order chi connectivity index (χ0) is 19.9. The van der Waals surface area contributed by atoms with Crippen LogP contribution in [-0.2, 0) is 30.7 Å². The first kappa shape index (κ1) is 20.3. The minimum Gasteiger partial charge on any atom is -0.391 e. The molecule has 1 amide bonds. The van der Waals surface area contributed by atoms with E-state index in [0.717, 1.165) is 44.3 Å². The molecule has 3 rings (SSSR count). The number of aliphatic hydroxyl groups excluding tert-OH is 1. The number of unbranched alkanes of at least 4 members (excludes halogenated alkanes) is 1. The van der Waals surface area contributed by atoms with Gasteiger partial charge in [0.1, 0.15) is 12.4 Å². The number of rotatable bonds is 8. The highest BCUT2D eigenvalue weighted by atomic mass is 16.3. The first-order valence-electron chi connectivity index (χ1n) is 10.2. The van der Waals surface area contributed by atoms with E-state index in [4.69, 9.17) is 0 Å². The number of hydrogen-bond acceptors (Lipinski definition) is 4. The molecule has 0 bridgehead atoms. The second-order valence-electron chi connectivity index (χ2n) is 7.48. The molecule has 1 saturated heterocycles. The van der Waals surface area contributed by atoms with Crippen LogP contribution < -0.4 is 5.69 Å². The van der Waals surface area contributed by atoms with E-state index in [-0.39, 0.29) is 18.1 Å². The summed E-state index contributed by atoms with van der Waals surface area (Å²) in [5.41, 5.74) is 0.940. The molecule has 1 fully saturated rings. The van der Waals surface area contributed by atoms with Crippen LogP contribution in [0.4, 0.5) is 0 Å². The quantitative estimate of drug-likeness (QED) is 0.748. The Bertz CT molecular complexity index is 828. The average molecular weight is 386 g/mol. The van der Waals surface area contributed by atoms with Gasteiger partial charge in [0.15, 0.2) is 0 Å². The van der Waals surface area contributed by atoms with Crippen molar-refractivity contribution >= 4 is 5.91 Å². The van der Waals surface area contributed by atoms with E-state index in [1.54, 1.807) is 9.47 Å². The minimum absolute atomic E-state index is 0.0665. The lowest BCUT2D eigenvalue weighted by Crippen LogP contribution is -2.44. The molecule has 7 heteroatoms. The zero-order valence-electron chi connectivity index (χ0n) is 16.6. The third-order valence-electron chi connectivity index (χ3n) is 5.25. The molecule has 152 valence electrons. The van der Waals surface area contributed by atoms with E-state index >= 15 is 0 Å². The summed E-state index contributed by atoms with van der Waals surface area (Å²) in [5, 5.41) is 14.3. The van der Waals surface area contributed by atoms with Gasteiger partial charge in [0.2, 0.25) is 5.91 Å². The summed E-state index contributed by atoms with van der Waals surface area (Å²) in [6.45, 7) is 3.56. The van der Waals surface area contributed by atoms with Crippen molar-refractivity contribution in [3.05, 3.63) is 52.2 Å². The number of nitrogens with zero attached hydrogens (tertiary/aromatic N) is 4. The van der Waals surface area contributed by atoms with E-state index in [1.165, 1.54) is 10.2 Å². The lowest BCUT2D eigenvalue weighted by molar-refractivity contribution is -0.135. The van der Waals surface area contributed by atoms with Crippen molar-refractivity contribution in [3.63, 3.8) is 0 Å². The summed E-state index contributed by atoms with van der Waals surface area (Å²) < 4.78 is 3.00. The molecule has 0 saturated carbocycles. The Kier molecular flexibility index (Phi) is 7.03. The summed E-state index contributed by atoms with van der Waals surface area (Å²) in [4.78, 5) is 27.1. The number of aryl methyl sites for hydroxylation is 2. The van der Waals surface area contributed by atoms with Crippen LogP contribution in [0.2, 0.25) is 0 Å². The summed E-state index contributed by atoms with van der Waals surface area (Å²) in [5.74, 6) is 0.588. The molecule has 0 spiro atoms. The van der Waals surface area contributed by atoms with Gasteiger partial charge in [0.05, 0.1) is 6.10 Å². The number of amides is 1. The lowest BCUT2D eigenvalue weighted by atomic mass is 10.1. The maximum absolute atomic E-state index is 12.9. The molecule has 0 aliphatic carbocycles. The van der Waals surface area contributed by atoms with Gasteiger partial charge >= 0.3 is 5.69 Å². The number of likely N-dealkylation sites (tertiary alicyclic amines) is 1. The van der Waals surface area contributed by atoms with Crippen molar-refractivity contribution in [1.82, 2.24) is 19.2 Å². The number of benzene rings is 1. The number of hydrogen-bond donors (Lipinski definition) is 1. The molecule has 1 unspecified atom stereocenters. The van der Waals surface area contributed by atoms with Crippen LogP contribution >= 0.6 is 0 Å². The van der Waals surface area contributed by atoms with E-state index < -0.39 is 6.10 Å². The normalized spacial score (nSPS) is 17.1. The summed E-state index contributed by atoms with van der Waals surface area (Å²) in [6.07, 6.45) is 4.48. The third-order valence-corrected chi connectivity index (χ3v) is 5.25. The Labute approximate surface area is 165 Å². The maximum Gasteiger partial charge on any atom is 0.346 e. The Balaban J connectivity index is 1.74. The fraction of sp³-hybridized carbons (Fsp3) is 0.571. The highest BCUT2D eigenvalue weighted by Gasteiger charge is 2.24. The van der Waals surface area contributed by atoms with Crippen LogP contribution in [0, 0.1) is 0 Å². The molecule has 1 aliphatic heterocycles. The van der Waals surface area contributed by atoms with Gasteiger partial charge in [-0.25, -0.2) is 9.48 Å². The predicted molar refractivity (Wildman–Crippen MR) is 107 cm³/mol. The fourth-order valence-corrected chi connectivity index (χ4v) is 3.63. The number of piperidine rings is 1. The topological polar surface area (TPSA) is 80.4 Å². The zero-order valence-corrected chi connectivity index (χ0v) is 16.6. The molecule has 2 aromatic rings. The van der Waals surface area contributed by atoms with Crippen LogP contribution in [-0.4, -0.2) is 49.5 Å². The van der Waals surface area contributed by atoms with Crippen molar-refractivity contribution in [2.45, 2.75) is 64.6 Å². The highest BCUT2D eigenvalue weighted by Crippen LogP contribution is 2.11. The van der Waals surface area contributed by atoms with Crippen molar-refractivity contribution in [2.24, 2.45) is 0 Å². The summed E-state index contributed by atoms with van der Waals surface area (Å²) in [7, 11) is 0. The van der Waals surface area contributed by atoms with Gasteiger partial charge in [-0.15, -0.1) is 0 Å². The van der Waals surface area contributed by atoms with Crippen LogP contribution in [0.1, 0.15) is 44.0 Å². The van der Waals surface area contributed by atoms with E-state index in [1.807, 2.05) is 30.3 Å². The van der Waals surface area contributed by atoms with Gasteiger partial charge in [-0.05, 0) is 31.2 Å². The smallest absolute Gasteiger partial charge is 0.346 e. The van der Waals surface area contributed by atoms with Crippen molar-refractivity contribution in [2.75, 3.05) is 13.1 Å². The highest BCUT2D eigenvalue weighted by molar-refractivity contribution is 5.76. The Hall–Kier alpha value is -2.41. The molecule has 1 atom stereocenters. The molecule has 1 N–H and O–H groups in total. The number of carbonyl (C=O) groups excluding carboxylic acids is 1. The largest absolute Gasteiger partial charge is 0.391 e. The van der Waals surface area contributed by atoms with Crippen molar-refractivity contribution in [3.8, 4) is 0 Å². The van der Waals surface area contributed by atoms with Crippen LogP contribution in [0.15, 0.2) is 35.1 Å². The van der Waals surface area contributed by atoms with Crippen LogP contribution in [0.25, 0.3) is 0 Å². The Morgan fingerprint density at radius 1 is 1.25 bits per heavy atom. The monoisotopic (exact) mass is 386 g/mol. The SMILES string of the molecule is CCCCc1nn(CC(=O)N2CCCC(O)C2)c(=O)n1CCc1ccccc1. The first-order valence-corrected chi connectivity index (χ1v) is 10.2. The van der Waals surface area contributed by atoms with Gasteiger partial charge in [-0.1, -0.05) is 43.7 Å². The van der Waals surface area contributed by atoms with Gasteiger partial charge in [-0.3, -0.25) is 9.36 Å². The molecular formula is C21H30N4O3.